The summed E-state index contributed by atoms with van der Waals surface area (Å²) in [6.07, 6.45) is 1.46. The number of ether oxygens (including phenoxy) is 1. The Kier molecular flexibility index (Phi) is 8.42. The van der Waals surface area contributed by atoms with Gasteiger partial charge in [0.15, 0.2) is 6.61 Å². The lowest BCUT2D eigenvalue weighted by molar-refractivity contribution is -0.148. The van der Waals surface area contributed by atoms with Crippen LogP contribution in [0.2, 0.25) is 0 Å². The molecule has 0 aliphatic rings. The fraction of sp³-hybridized carbons (Fsp3) is 0.500. The quantitative estimate of drug-likeness (QED) is 0.614. The molecular weight excluding hydrogens is 332 g/mol. The Labute approximate surface area is 142 Å². The minimum atomic E-state index is -3.65. The van der Waals surface area contributed by atoms with Crippen molar-refractivity contribution in [3.63, 3.8) is 0 Å². The number of sulfonamides is 1. The lowest BCUT2D eigenvalue weighted by atomic mass is 10.2. The summed E-state index contributed by atoms with van der Waals surface area (Å²) in [6.45, 7) is 3.46. The third kappa shape index (κ3) is 7.10. The van der Waals surface area contributed by atoms with Crippen LogP contribution in [0.25, 0.3) is 0 Å². The fourth-order valence-corrected chi connectivity index (χ4v) is 3.00. The maximum Gasteiger partial charge on any atom is 0.307 e. The van der Waals surface area contributed by atoms with E-state index in [9.17, 15) is 18.0 Å². The summed E-state index contributed by atoms with van der Waals surface area (Å²) in [7, 11) is -3.65. The third-order valence-electron chi connectivity index (χ3n) is 3.39. The molecule has 0 radical (unpaired) electrons. The van der Waals surface area contributed by atoms with Gasteiger partial charge >= 0.3 is 5.97 Å². The molecule has 0 bridgehead atoms. The molecule has 0 saturated carbocycles. The molecule has 2 N–H and O–H groups in total. The number of carbonyl (C=O) groups excluding carboxylic acids is 2. The van der Waals surface area contributed by atoms with Crippen LogP contribution < -0.4 is 10.0 Å². The highest BCUT2D eigenvalue weighted by atomic mass is 32.2. The van der Waals surface area contributed by atoms with Gasteiger partial charge in [0, 0.05) is 12.6 Å². The Morgan fingerprint density at radius 1 is 1.12 bits per heavy atom. The largest absolute Gasteiger partial charge is 0.456 e. The zero-order valence-electron chi connectivity index (χ0n) is 13.9. The average Bonchev–Trinajstić information content (AvgIpc) is 2.58. The van der Waals surface area contributed by atoms with E-state index in [1.54, 1.807) is 18.2 Å². The standard InChI is InChI=1S/C16H24N2O5S/c1-3-13(4-2)18-15(19)12-23-16(20)10-11-17-24(21,22)14-8-6-5-7-9-14/h5-9,13,17H,3-4,10-12H2,1-2H3,(H,18,19). The first-order valence-corrected chi connectivity index (χ1v) is 9.37. The second-order valence-electron chi connectivity index (χ2n) is 5.20. The van der Waals surface area contributed by atoms with Crippen molar-refractivity contribution in [2.75, 3.05) is 13.2 Å². The first-order chi connectivity index (χ1) is 11.4. The lowest BCUT2D eigenvalue weighted by Gasteiger charge is -2.14. The number of carbonyl (C=O) groups is 2. The SMILES string of the molecule is CCC(CC)NC(=O)COC(=O)CCNS(=O)(=O)c1ccccc1. The average molecular weight is 356 g/mol. The van der Waals surface area contributed by atoms with Crippen molar-refractivity contribution in [1.29, 1.82) is 0 Å². The topological polar surface area (TPSA) is 102 Å². The van der Waals surface area contributed by atoms with Crippen molar-refractivity contribution in [2.24, 2.45) is 0 Å². The maximum absolute atomic E-state index is 11.9. The summed E-state index contributed by atoms with van der Waals surface area (Å²) in [4.78, 5) is 23.3. The van der Waals surface area contributed by atoms with Crippen LogP contribution in [0.4, 0.5) is 0 Å². The van der Waals surface area contributed by atoms with Gasteiger partial charge in [-0.15, -0.1) is 0 Å². The van der Waals surface area contributed by atoms with Crippen LogP contribution in [0.15, 0.2) is 35.2 Å². The van der Waals surface area contributed by atoms with E-state index in [4.69, 9.17) is 4.74 Å². The first-order valence-electron chi connectivity index (χ1n) is 7.88. The van der Waals surface area contributed by atoms with Crippen LogP contribution in [0.1, 0.15) is 33.1 Å². The molecular formula is C16H24N2O5S. The predicted octanol–water partition coefficient (Wildman–Crippen LogP) is 1.20. The third-order valence-corrected chi connectivity index (χ3v) is 4.87. The first kappa shape index (κ1) is 20.1. The van der Waals surface area contributed by atoms with E-state index in [-0.39, 0.29) is 36.4 Å². The number of benzene rings is 1. The van der Waals surface area contributed by atoms with Crippen LogP contribution in [0, 0.1) is 0 Å². The molecule has 1 rings (SSSR count). The van der Waals surface area contributed by atoms with Gasteiger partial charge in [0.25, 0.3) is 5.91 Å². The van der Waals surface area contributed by atoms with Gasteiger partial charge in [-0.3, -0.25) is 9.59 Å². The Morgan fingerprint density at radius 2 is 1.75 bits per heavy atom. The van der Waals surface area contributed by atoms with Crippen molar-refractivity contribution >= 4 is 21.9 Å². The molecule has 0 aromatic heterocycles. The van der Waals surface area contributed by atoms with Gasteiger partial charge in [0.1, 0.15) is 0 Å². The lowest BCUT2D eigenvalue weighted by Crippen LogP contribution is -2.37. The van der Waals surface area contributed by atoms with Crippen LogP contribution in [0.5, 0.6) is 0 Å². The molecule has 0 aliphatic carbocycles. The van der Waals surface area contributed by atoms with Gasteiger partial charge in [0.2, 0.25) is 10.0 Å². The summed E-state index contributed by atoms with van der Waals surface area (Å²) in [5.74, 6) is -0.993. The Morgan fingerprint density at radius 3 is 2.33 bits per heavy atom. The molecule has 1 amide bonds. The van der Waals surface area contributed by atoms with Crippen molar-refractivity contribution in [2.45, 2.75) is 44.0 Å². The molecule has 8 heteroatoms. The second kappa shape index (κ2) is 10.0. The van der Waals surface area contributed by atoms with Crippen molar-refractivity contribution in [3.8, 4) is 0 Å². The predicted molar refractivity (Wildman–Crippen MR) is 89.7 cm³/mol. The smallest absolute Gasteiger partial charge is 0.307 e. The summed E-state index contributed by atoms with van der Waals surface area (Å²) in [5, 5.41) is 2.75. The number of hydrogen-bond acceptors (Lipinski definition) is 5. The molecule has 24 heavy (non-hydrogen) atoms. The highest BCUT2D eigenvalue weighted by molar-refractivity contribution is 7.89. The molecule has 0 aliphatic heterocycles. The molecule has 0 saturated heterocycles. The number of esters is 1. The van der Waals surface area contributed by atoms with Crippen LogP contribution in [0.3, 0.4) is 0 Å². The van der Waals surface area contributed by atoms with E-state index < -0.39 is 16.0 Å². The fourth-order valence-electron chi connectivity index (χ4n) is 1.95. The van der Waals surface area contributed by atoms with Gasteiger partial charge in [0.05, 0.1) is 11.3 Å². The zero-order chi connectivity index (χ0) is 18.0. The monoisotopic (exact) mass is 356 g/mol. The minimum absolute atomic E-state index is 0.0638. The molecule has 0 atom stereocenters. The van der Waals surface area contributed by atoms with Crippen molar-refractivity contribution in [3.05, 3.63) is 30.3 Å². The number of amides is 1. The Bertz CT molecular complexity index is 627. The van der Waals surface area contributed by atoms with Gasteiger partial charge < -0.3 is 10.1 Å². The van der Waals surface area contributed by atoms with E-state index in [2.05, 4.69) is 10.0 Å². The van der Waals surface area contributed by atoms with E-state index >= 15 is 0 Å². The molecule has 7 nitrogen and oxygen atoms in total. The maximum atomic E-state index is 11.9. The van der Waals surface area contributed by atoms with E-state index in [0.717, 1.165) is 12.8 Å². The Hall–Kier alpha value is -1.93. The summed E-state index contributed by atoms with van der Waals surface area (Å²) >= 11 is 0. The number of hydrogen-bond donors (Lipinski definition) is 2. The number of rotatable bonds is 10. The molecule has 0 heterocycles. The van der Waals surface area contributed by atoms with Crippen LogP contribution in [-0.4, -0.2) is 39.5 Å². The van der Waals surface area contributed by atoms with Gasteiger partial charge in [-0.2, -0.15) is 0 Å². The summed E-state index contributed by atoms with van der Waals surface area (Å²) in [5.41, 5.74) is 0. The molecule has 1 aromatic rings. The van der Waals surface area contributed by atoms with Crippen molar-refractivity contribution < 1.29 is 22.7 Å². The summed E-state index contributed by atoms with van der Waals surface area (Å²) in [6, 6.07) is 7.92. The summed E-state index contributed by atoms with van der Waals surface area (Å²) < 4.78 is 31.0. The Balaban J connectivity index is 2.31. The van der Waals surface area contributed by atoms with E-state index in [0.29, 0.717) is 0 Å². The van der Waals surface area contributed by atoms with Gasteiger partial charge in [-0.25, -0.2) is 13.1 Å². The minimum Gasteiger partial charge on any atom is -0.456 e. The molecule has 1 aromatic carbocycles. The zero-order valence-corrected chi connectivity index (χ0v) is 14.8. The van der Waals surface area contributed by atoms with Crippen LogP contribution >= 0.6 is 0 Å². The highest BCUT2D eigenvalue weighted by Crippen LogP contribution is 2.06. The second-order valence-corrected chi connectivity index (χ2v) is 6.97. The molecule has 0 spiro atoms. The van der Waals surface area contributed by atoms with Gasteiger partial charge in [-0.1, -0.05) is 32.0 Å². The highest BCUT2D eigenvalue weighted by Gasteiger charge is 2.15. The van der Waals surface area contributed by atoms with E-state index in [1.165, 1.54) is 12.1 Å². The molecule has 134 valence electrons. The van der Waals surface area contributed by atoms with Gasteiger partial charge in [-0.05, 0) is 25.0 Å². The van der Waals surface area contributed by atoms with Crippen LogP contribution in [-0.2, 0) is 24.3 Å². The normalized spacial score (nSPS) is 11.3. The van der Waals surface area contributed by atoms with E-state index in [1.807, 2.05) is 13.8 Å². The number of nitrogens with one attached hydrogen (secondary N) is 2. The molecule has 0 fully saturated rings. The molecule has 0 unspecified atom stereocenters. The van der Waals surface area contributed by atoms with Crippen molar-refractivity contribution in [1.82, 2.24) is 10.0 Å².